The molecule has 1 rings (SSSR count). The molecule has 4 nitrogen and oxygen atoms in total. The van der Waals surface area contributed by atoms with Gasteiger partial charge in [0.05, 0.1) is 5.69 Å². The molecule has 1 unspecified atom stereocenters. The highest BCUT2D eigenvalue weighted by Crippen LogP contribution is 2.16. The monoisotopic (exact) mass is 208 g/mol. The zero-order valence-corrected chi connectivity index (χ0v) is 9.46. The van der Waals surface area contributed by atoms with E-state index in [1.807, 2.05) is 6.07 Å². The molecule has 15 heavy (non-hydrogen) atoms. The van der Waals surface area contributed by atoms with Crippen LogP contribution < -0.4 is 16.8 Å². The Bertz CT molecular complexity index is 311. The van der Waals surface area contributed by atoms with Gasteiger partial charge in [0.25, 0.3) is 0 Å². The molecule has 0 radical (unpaired) electrons. The van der Waals surface area contributed by atoms with Crippen molar-refractivity contribution in [3.8, 4) is 0 Å². The molecule has 4 heteroatoms. The maximum Gasteiger partial charge on any atom is 0.149 e. The van der Waals surface area contributed by atoms with Gasteiger partial charge in [0.1, 0.15) is 11.6 Å². The standard InChI is InChI=1S/C11H20N4/c1-3-5-8(4-2)14-10-7-6-9(12)11(13)15-10/h6-8H,3-5,12H2,1-2H3,(H3,13,14,15). The van der Waals surface area contributed by atoms with Gasteiger partial charge < -0.3 is 16.8 Å². The van der Waals surface area contributed by atoms with Crippen molar-refractivity contribution in [3.63, 3.8) is 0 Å². The SMILES string of the molecule is CCCC(CC)Nc1ccc(N)c(N)n1. The molecule has 0 fully saturated rings. The van der Waals surface area contributed by atoms with E-state index in [1.165, 1.54) is 0 Å². The highest BCUT2D eigenvalue weighted by atomic mass is 15.0. The summed E-state index contributed by atoms with van der Waals surface area (Å²) in [7, 11) is 0. The first-order chi connectivity index (χ1) is 7.17. The molecule has 0 saturated heterocycles. The van der Waals surface area contributed by atoms with Gasteiger partial charge >= 0.3 is 0 Å². The molecule has 1 atom stereocenters. The van der Waals surface area contributed by atoms with E-state index in [0.29, 0.717) is 17.5 Å². The highest BCUT2D eigenvalue weighted by molar-refractivity contribution is 5.61. The van der Waals surface area contributed by atoms with E-state index in [4.69, 9.17) is 11.5 Å². The van der Waals surface area contributed by atoms with E-state index in [9.17, 15) is 0 Å². The molecule has 1 heterocycles. The Kier molecular flexibility index (Phi) is 4.21. The minimum atomic E-state index is 0.395. The molecule has 0 saturated carbocycles. The average Bonchev–Trinajstić information content (AvgIpc) is 2.23. The van der Waals surface area contributed by atoms with Gasteiger partial charge in [-0.15, -0.1) is 0 Å². The normalized spacial score (nSPS) is 12.4. The van der Waals surface area contributed by atoms with Crippen molar-refractivity contribution in [2.24, 2.45) is 0 Å². The number of nitrogens with two attached hydrogens (primary N) is 2. The van der Waals surface area contributed by atoms with Crippen LogP contribution in [0.1, 0.15) is 33.1 Å². The van der Waals surface area contributed by atoms with Gasteiger partial charge in [0.2, 0.25) is 0 Å². The summed E-state index contributed by atoms with van der Waals surface area (Å²) in [5, 5.41) is 3.35. The van der Waals surface area contributed by atoms with Crippen LogP contribution in [0.4, 0.5) is 17.3 Å². The predicted octanol–water partition coefficient (Wildman–Crippen LogP) is 2.24. The molecule has 0 aromatic carbocycles. The highest BCUT2D eigenvalue weighted by Gasteiger charge is 2.06. The summed E-state index contributed by atoms with van der Waals surface area (Å²) in [6.07, 6.45) is 3.39. The van der Waals surface area contributed by atoms with Crippen LogP contribution in [0.3, 0.4) is 0 Å². The first-order valence-corrected chi connectivity index (χ1v) is 5.45. The molecule has 1 aromatic heterocycles. The van der Waals surface area contributed by atoms with E-state index in [1.54, 1.807) is 6.07 Å². The molecule has 1 aromatic rings. The number of pyridine rings is 1. The van der Waals surface area contributed by atoms with E-state index >= 15 is 0 Å². The first kappa shape index (κ1) is 11.6. The van der Waals surface area contributed by atoms with Gasteiger partial charge in [-0.1, -0.05) is 20.3 Å². The summed E-state index contributed by atoms with van der Waals surface area (Å²) in [5.74, 6) is 1.20. The number of nitrogen functional groups attached to an aromatic ring is 2. The summed E-state index contributed by atoms with van der Waals surface area (Å²) >= 11 is 0. The summed E-state index contributed by atoms with van der Waals surface area (Å²) in [4.78, 5) is 4.18. The fourth-order valence-corrected chi connectivity index (χ4v) is 1.50. The van der Waals surface area contributed by atoms with Crippen molar-refractivity contribution in [2.45, 2.75) is 39.2 Å². The lowest BCUT2D eigenvalue weighted by Crippen LogP contribution is -2.19. The van der Waals surface area contributed by atoms with Gasteiger partial charge in [-0.3, -0.25) is 0 Å². The second-order valence-electron chi connectivity index (χ2n) is 3.71. The second-order valence-corrected chi connectivity index (χ2v) is 3.71. The number of nitrogens with one attached hydrogen (secondary N) is 1. The minimum Gasteiger partial charge on any atom is -0.396 e. The van der Waals surface area contributed by atoms with Gasteiger partial charge in [-0.25, -0.2) is 4.98 Å². The van der Waals surface area contributed by atoms with Crippen molar-refractivity contribution in [3.05, 3.63) is 12.1 Å². The molecule has 0 spiro atoms. The summed E-state index contributed by atoms with van der Waals surface area (Å²) in [5.41, 5.74) is 11.8. The van der Waals surface area contributed by atoms with Crippen molar-refractivity contribution < 1.29 is 0 Å². The largest absolute Gasteiger partial charge is 0.396 e. The maximum atomic E-state index is 5.64. The van der Waals surface area contributed by atoms with Crippen molar-refractivity contribution >= 4 is 17.3 Å². The Morgan fingerprint density at radius 2 is 2.07 bits per heavy atom. The summed E-state index contributed by atoms with van der Waals surface area (Å²) < 4.78 is 0. The molecule has 84 valence electrons. The lowest BCUT2D eigenvalue weighted by atomic mass is 10.1. The average molecular weight is 208 g/mol. The topological polar surface area (TPSA) is 77.0 Å². The third-order valence-corrected chi connectivity index (χ3v) is 2.44. The van der Waals surface area contributed by atoms with Crippen LogP contribution in [0.15, 0.2) is 12.1 Å². The summed E-state index contributed by atoms with van der Waals surface area (Å²) in [6, 6.07) is 4.11. The van der Waals surface area contributed by atoms with Crippen molar-refractivity contribution in [2.75, 3.05) is 16.8 Å². The lowest BCUT2D eigenvalue weighted by Gasteiger charge is -2.17. The molecular formula is C11H20N4. The number of anilines is 3. The number of rotatable bonds is 5. The van der Waals surface area contributed by atoms with Crippen molar-refractivity contribution in [1.82, 2.24) is 4.98 Å². The zero-order valence-electron chi connectivity index (χ0n) is 9.46. The van der Waals surface area contributed by atoms with E-state index in [2.05, 4.69) is 24.1 Å². The molecule has 0 aliphatic rings. The first-order valence-electron chi connectivity index (χ1n) is 5.45. The molecule has 0 bridgehead atoms. The van der Waals surface area contributed by atoms with E-state index < -0.39 is 0 Å². The Morgan fingerprint density at radius 1 is 1.33 bits per heavy atom. The maximum absolute atomic E-state index is 5.64. The van der Waals surface area contributed by atoms with Gasteiger partial charge in [0, 0.05) is 6.04 Å². The minimum absolute atomic E-state index is 0.395. The third-order valence-electron chi connectivity index (χ3n) is 2.44. The molecule has 0 aliphatic heterocycles. The molecule has 0 aliphatic carbocycles. The quantitative estimate of drug-likeness (QED) is 0.693. The van der Waals surface area contributed by atoms with E-state index in [-0.39, 0.29) is 0 Å². The van der Waals surface area contributed by atoms with Crippen LogP contribution >= 0.6 is 0 Å². The van der Waals surface area contributed by atoms with Crippen LogP contribution in [-0.2, 0) is 0 Å². The Labute approximate surface area is 91.1 Å². The number of hydrogen-bond acceptors (Lipinski definition) is 4. The Balaban J connectivity index is 2.66. The lowest BCUT2D eigenvalue weighted by molar-refractivity contribution is 0.620. The van der Waals surface area contributed by atoms with Crippen LogP contribution in [0, 0.1) is 0 Å². The third kappa shape index (κ3) is 3.31. The van der Waals surface area contributed by atoms with Crippen molar-refractivity contribution in [1.29, 1.82) is 0 Å². The number of nitrogens with zero attached hydrogens (tertiary/aromatic N) is 1. The van der Waals surface area contributed by atoms with E-state index in [0.717, 1.165) is 25.1 Å². The van der Waals surface area contributed by atoms with Gasteiger partial charge in [0.15, 0.2) is 0 Å². The predicted molar refractivity (Wildman–Crippen MR) is 65.7 cm³/mol. The Morgan fingerprint density at radius 3 is 2.60 bits per heavy atom. The number of aromatic nitrogens is 1. The molecule has 0 amide bonds. The second kappa shape index (κ2) is 5.44. The van der Waals surface area contributed by atoms with Crippen LogP contribution in [0.5, 0.6) is 0 Å². The smallest absolute Gasteiger partial charge is 0.149 e. The van der Waals surface area contributed by atoms with Crippen LogP contribution in [0.2, 0.25) is 0 Å². The Hall–Kier alpha value is -1.45. The molecule has 5 N–H and O–H groups in total. The molecular weight excluding hydrogens is 188 g/mol. The summed E-state index contributed by atoms with van der Waals surface area (Å²) in [6.45, 7) is 4.34. The number of hydrogen-bond donors (Lipinski definition) is 3. The van der Waals surface area contributed by atoms with Gasteiger partial charge in [-0.05, 0) is 25.0 Å². The zero-order chi connectivity index (χ0) is 11.3. The van der Waals surface area contributed by atoms with Crippen LogP contribution in [-0.4, -0.2) is 11.0 Å². The fourth-order valence-electron chi connectivity index (χ4n) is 1.50. The fraction of sp³-hybridized carbons (Fsp3) is 0.545. The van der Waals surface area contributed by atoms with Crippen LogP contribution in [0.25, 0.3) is 0 Å². The van der Waals surface area contributed by atoms with Gasteiger partial charge in [-0.2, -0.15) is 0 Å².